The second-order valence-electron chi connectivity index (χ2n) is 3.68. The van der Waals surface area contributed by atoms with Crippen molar-refractivity contribution in [3.05, 3.63) is 56.8 Å². The van der Waals surface area contributed by atoms with Crippen LogP contribution in [0.25, 0.3) is 0 Å². The van der Waals surface area contributed by atoms with Crippen molar-refractivity contribution >= 4 is 27.3 Å². The van der Waals surface area contributed by atoms with Gasteiger partial charge in [0, 0.05) is 22.7 Å². The predicted molar refractivity (Wildman–Crippen MR) is 71.7 cm³/mol. The number of rotatable bonds is 3. The topological polar surface area (TPSA) is 78.4 Å². The molecule has 0 amide bonds. The van der Waals surface area contributed by atoms with Gasteiger partial charge in [-0.3, -0.25) is 10.1 Å². The molecule has 0 fully saturated rings. The van der Waals surface area contributed by atoms with E-state index in [4.69, 9.17) is 10.5 Å². The molecule has 2 aromatic rings. The Hall–Kier alpha value is -2.15. The second kappa shape index (κ2) is 5.23. The number of nitro benzene ring substituents is 1. The zero-order valence-corrected chi connectivity index (χ0v) is 11.1. The Kier molecular flexibility index (Phi) is 3.66. The Morgan fingerprint density at radius 3 is 2.53 bits per heavy atom. The minimum atomic E-state index is -0.585. The minimum Gasteiger partial charge on any atom is -0.457 e. The van der Waals surface area contributed by atoms with Gasteiger partial charge in [0.1, 0.15) is 23.0 Å². The number of ether oxygens (including phenoxy) is 1. The largest absolute Gasteiger partial charge is 0.457 e. The van der Waals surface area contributed by atoms with E-state index in [9.17, 15) is 14.5 Å². The molecule has 19 heavy (non-hydrogen) atoms. The lowest BCUT2D eigenvalue weighted by molar-refractivity contribution is -0.383. The van der Waals surface area contributed by atoms with Gasteiger partial charge in [-0.15, -0.1) is 0 Å². The minimum absolute atomic E-state index is 0.0158. The fourth-order valence-corrected chi connectivity index (χ4v) is 1.93. The summed E-state index contributed by atoms with van der Waals surface area (Å²) in [5, 5.41) is 10.6. The van der Waals surface area contributed by atoms with Crippen molar-refractivity contribution in [1.29, 1.82) is 0 Å². The molecule has 0 atom stereocenters. The van der Waals surface area contributed by atoms with E-state index in [2.05, 4.69) is 15.9 Å². The molecule has 2 rings (SSSR count). The van der Waals surface area contributed by atoms with Gasteiger partial charge in [0.15, 0.2) is 0 Å². The highest BCUT2D eigenvalue weighted by atomic mass is 79.9. The molecule has 2 N–H and O–H groups in total. The van der Waals surface area contributed by atoms with Gasteiger partial charge in [0.2, 0.25) is 0 Å². The molecule has 0 saturated carbocycles. The Balaban J connectivity index is 2.28. The van der Waals surface area contributed by atoms with Gasteiger partial charge >= 0.3 is 0 Å². The zero-order valence-electron chi connectivity index (χ0n) is 9.47. The van der Waals surface area contributed by atoms with Gasteiger partial charge < -0.3 is 10.5 Å². The summed E-state index contributed by atoms with van der Waals surface area (Å²) in [6.45, 7) is 0. The summed E-state index contributed by atoms with van der Waals surface area (Å²) in [7, 11) is 0. The van der Waals surface area contributed by atoms with Crippen molar-refractivity contribution in [1.82, 2.24) is 0 Å². The number of halogens is 2. The highest BCUT2D eigenvalue weighted by Gasteiger charge is 2.12. The number of nitrogens with two attached hydrogens (primary N) is 1. The average molecular weight is 327 g/mol. The van der Waals surface area contributed by atoms with Crippen LogP contribution >= 0.6 is 15.9 Å². The van der Waals surface area contributed by atoms with E-state index < -0.39 is 10.7 Å². The quantitative estimate of drug-likeness (QED) is 0.527. The third kappa shape index (κ3) is 3.19. The molecule has 0 bridgehead atoms. The maximum atomic E-state index is 13.2. The standard InChI is InChI=1S/C12H8BrFN2O3/c13-7-3-8(14)5-10(4-7)19-9-1-2-12(16(17)18)11(15)6-9/h1-6H,15H2. The highest BCUT2D eigenvalue weighted by Crippen LogP contribution is 2.30. The fourth-order valence-electron chi connectivity index (χ4n) is 1.49. The molecule has 2 aromatic carbocycles. The molecule has 5 nitrogen and oxygen atoms in total. The van der Waals surface area contributed by atoms with Crippen LogP contribution in [0.2, 0.25) is 0 Å². The third-order valence-corrected chi connectivity index (χ3v) is 2.73. The van der Waals surface area contributed by atoms with E-state index in [1.165, 1.54) is 30.3 Å². The molecule has 7 heteroatoms. The molecule has 0 radical (unpaired) electrons. The smallest absolute Gasteiger partial charge is 0.292 e. The monoisotopic (exact) mass is 326 g/mol. The van der Waals surface area contributed by atoms with Crippen LogP contribution < -0.4 is 10.5 Å². The number of benzene rings is 2. The first-order valence-corrected chi connectivity index (χ1v) is 5.93. The van der Waals surface area contributed by atoms with Crippen molar-refractivity contribution < 1.29 is 14.1 Å². The Labute approximate surface area is 116 Å². The normalized spacial score (nSPS) is 10.2. The highest BCUT2D eigenvalue weighted by molar-refractivity contribution is 9.10. The van der Waals surface area contributed by atoms with Gasteiger partial charge in [-0.05, 0) is 18.2 Å². The number of nitro groups is 1. The summed E-state index contributed by atoms with van der Waals surface area (Å²) in [4.78, 5) is 10.0. The predicted octanol–water partition coefficient (Wildman–Crippen LogP) is 3.87. The van der Waals surface area contributed by atoms with Crippen molar-refractivity contribution in [3.8, 4) is 11.5 Å². The van der Waals surface area contributed by atoms with Crippen LogP contribution in [0.1, 0.15) is 0 Å². The van der Waals surface area contributed by atoms with Gasteiger partial charge in [0.25, 0.3) is 5.69 Å². The van der Waals surface area contributed by atoms with E-state index >= 15 is 0 Å². The van der Waals surface area contributed by atoms with Gasteiger partial charge in [0.05, 0.1) is 4.92 Å². The Bertz CT molecular complexity index is 629. The van der Waals surface area contributed by atoms with Crippen LogP contribution in [0.4, 0.5) is 15.8 Å². The van der Waals surface area contributed by atoms with Crippen LogP contribution in [-0.4, -0.2) is 4.92 Å². The molecule has 0 aliphatic rings. The number of nitrogens with zero attached hydrogens (tertiary/aromatic N) is 1. The third-order valence-electron chi connectivity index (χ3n) is 2.27. The van der Waals surface area contributed by atoms with E-state index in [-0.39, 0.29) is 17.1 Å². The number of nitrogen functional groups attached to an aromatic ring is 1. The fraction of sp³-hybridized carbons (Fsp3) is 0. The number of hydrogen-bond donors (Lipinski definition) is 1. The van der Waals surface area contributed by atoms with Crippen LogP contribution in [0, 0.1) is 15.9 Å². The summed E-state index contributed by atoms with van der Waals surface area (Å²) >= 11 is 3.14. The molecule has 0 heterocycles. The van der Waals surface area contributed by atoms with Crippen molar-refractivity contribution in [2.45, 2.75) is 0 Å². The maximum Gasteiger partial charge on any atom is 0.292 e. The van der Waals surface area contributed by atoms with E-state index in [0.717, 1.165) is 0 Å². The molecule has 0 spiro atoms. The molecular weight excluding hydrogens is 319 g/mol. The first-order valence-electron chi connectivity index (χ1n) is 5.13. The number of anilines is 1. The lowest BCUT2D eigenvalue weighted by Gasteiger charge is -2.07. The van der Waals surface area contributed by atoms with Crippen LogP contribution in [0.3, 0.4) is 0 Å². The van der Waals surface area contributed by atoms with Gasteiger partial charge in [-0.2, -0.15) is 0 Å². The van der Waals surface area contributed by atoms with Crippen LogP contribution in [0.15, 0.2) is 40.9 Å². The summed E-state index contributed by atoms with van der Waals surface area (Å²) < 4.78 is 19.1. The molecule has 98 valence electrons. The summed E-state index contributed by atoms with van der Waals surface area (Å²) in [6, 6.07) is 8.00. The number of hydrogen-bond acceptors (Lipinski definition) is 4. The second-order valence-corrected chi connectivity index (χ2v) is 4.60. The van der Waals surface area contributed by atoms with Crippen molar-refractivity contribution in [2.24, 2.45) is 0 Å². The average Bonchev–Trinajstić information content (AvgIpc) is 2.26. The molecule has 0 aliphatic heterocycles. The lowest BCUT2D eigenvalue weighted by atomic mass is 10.2. The van der Waals surface area contributed by atoms with E-state index in [1.807, 2.05) is 0 Å². The molecule has 0 unspecified atom stereocenters. The van der Waals surface area contributed by atoms with Crippen molar-refractivity contribution in [3.63, 3.8) is 0 Å². The molecular formula is C12H8BrFN2O3. The van der Waals surface area contributed by atoms with Gasteiger partial charge in [-0.25, -0.2) is 4.39 Å². The molecule has 0 aromatic heterocycles. The van der Waals surface area contributed by atoms with Crippen LogP contribution in [-0.2, 0) is 0 Å². The van der Waals surface area contributed by atoms with E-state index in [1.54, 1.807) is 6.07 Å². The summed E-state index contributed by atoms with van der Waals surface area (Å²) in [5.74, 6) is 0.0972. The van der Waals surface area contributed by atoms with Gasteiger partial charge in [-0.1, -0.05) is 15.9 Å². The lowest BCUT2D eigenvalue weighted by Crippen LogP contribution is -1.96. The van der Waals surface area contributed by atoms with Crippen molar-refractivity contribution in [2.75, 3.05) is 5.73 Å². The zero-order chi connectivity index (χ0) is 14.0. The first-order chi connectivity index (χ1) is 8.95. The maximum absolute atomic E-state index is 13.2. The first kappa shape index (κ1) is 13.3. The SMILES string of the molecule is Nc1cc(Oc2cc(F)cc(Br)c2)ccc1[N+](=O)[O-]. The van der Waals surface area contributed by atoms with Crippen LogP contribution in [0.5, 0.6) is 11.5 Å². The Morgan fingerprint density at radius 2 is 1.95 bits per heavy atom. The Morgan fingerprint density at radius 1 is 1.21 bits per heavy atom. The molecule has 0 saturated heterocycles. The van der Waals surface area contributed by atoms with E-state index in [0.29, 0.717) is 10.2 Å². The summed E-state index contributed by atoms with van der Waals surface area (Å²) in [5.41, 5.74) is 5.31. The molecule has 0 aliphatic carbocycles. The summed E-state index contributed by atoms with van der Waals surface area (Å²) in [6.07, 6.45) is 0.